The summed E-state index contributed by atoms with van der Waals surface area (Å²) in [5, 5.41) is 3.04. The third kappa shape index (κ3) is 2.58. The highest BCUT2D eigenvalue weighted by atomic mass is 35.5. The van der Waals surface area contributed by atoms with Crippen LogP contribution in [0.25, 0.3) is 0 Å². The van der Waals surface area contributed by atoms with E-state index in [0.717, 1.165) is 11.3 Å². The van der Waals surface area contributed by atoms with E-state index in [-0.39, 0.29) is 11.8 Å². The van der Waals surface area contributed by atoms with Crippen LogP contribution in [0.4, 0.5) is 5.82 Å². The van der Waals surface area contributed by atoms with Gasteiger partial charge >= 0.3 is 0 Å². The molecule has 1 aromatic heterocycles. The number of hydrogen-bond acceptors (Lipinski definition) is 4. The van der Waals surface area contributed by atoms with Crippen LogP contribution < -0.4 is 10.1 Å². The van der Waals surface area contributed by atoms with Gasteiger partial charge in [-0.2, -0.15) is 0 Å². The van der Waals surface area contributed by atoms with Gasteiger partial charge in [0.25, 0.3) is 0 Å². The Labute approximate surface area is 121 Å². The molecule has 6 heteroatoms. The van der Waals surface area contributed by atoms with Crippen molar-refractivity contribution in [2.24, 2.45) is 0 Å². The number of carbonyl (C=O) groups is 1. The third-order valence-corrected chi connectivity index (χ3v) is 3.34. The first-order chi connectivity index (χ1) is 9.74. The van der Waals surface area contributed by atoms with Gasteiger partial charge in [0.1, 0.15) is 10.9 Å². The predicted molar refractivity (Wildman–Crippen MR) is 75.0 cm³/mol. The van der Waals surface area contributed by atoms with Gasteiger partial charge in [-0.3, -0.25) is 4.79 Å². The van der Waals surface area contributed by atoms with Crippen molar-refractivity contribution in [2.45, 2.75) is 12.3 Å². The minimum Gasteiger partial charge on any atom is -0.493 e. The summed E-state index contributed by atoms with van der Waals surface area (Å²) in [6.45, 7) is 0.529. The zero-order valence-electron chi connectivity index (χ0n) is 10.5. The summed E-state index contributed by atoms with van der Waals surface area (Å²) in [4.78, 5) is 20.2. The number of benzene rings is 1. The maximum absolute atomic E-state index is 12.3. The Morgan fingerprint density at radius 1 is 1.30 bits per heavy atom. The predicted octanol–water partition coefficient (Wildman–Crippen LogP) is 2.63. The third-order valence-electron chi connectivity index (χ3n) is 3.15. The number of rotatable bonds is 2. The van der Waals surface area contributed by atoms with Crippen molar-refractivity contribution in [3.05, 3.63) is 47.4 Å². The molecule has 1 atom stereocenters. The van der Waals surface area contributed by atoms with Gasteiger partial charge in [0, 0.05) is 5.56 Å². The number of fused-ring (bicyclic) bond motifs is 1. The molecule has 3 rings (SSSR count). The lowest BCUT2D eigenvalue weighted by Gasteiger charge is -2.24. The number of ether oxygens (including phenoxy) is 1. The number of amides is 1. The maximum atomic E-state index is 12.3. The van der Waals surface area contributed by atoms with Crippen LogP contribution in [0.2, 0.25) is 5.15 Å². The first-order valence-corrected chi connectivity index (χ1v) is 6.62. The van der Waals surface area contributed by atoms with Crippen LogP contribution in [0.5, 0.6) is 5.75 Å². The van der Waals surface area contributed by atoms with Crippen LogP contribution in [-0.4, -0.2) is 22.5 Å². The second kappa shape index (κ2) is 5.46. The van der Waals surface area contributed by atoms with Crippen LogP contribution in [-0.2, 0) is 4.79 Å². The molecule has 0 spiro atoms. The van der Waals surface area contributed by atoms with Gasteiger partial charge in [-0.1, -0.05) is 29.8 Å². The molecule has 0 aliphatic carbocycles. The lowest BCUT2D eigenvalue weighted by atomic mass is 9.92. The second-order valence-corrected chi connectivity index (χ2v) is 4.83. The molecule has 1 aliphatic rings. The Kier molecular flexibility index (Phi) is 3.52. The summed E-state index contributed by atoms with van der Waals surface area (Å²) in [6.07, 6.45) is 3.48. The molecule has 5 nitrogen and oxygen atoms in total. The van der Waals surface area contributed by atoms with Gasteiger partial charge in [0.05, 0.1) is 24.9 Å². The van der Waals surface area contributed by atoms with E-state index < -0.39 is 0 Å². The summed E-state index contributed by atoms with van der Waals surface area (Å²) < 4.78 is 5.54. The maximum Gasteiger partial charge on any atom is 0.233 e. The smallest absolute Gasteiger partial charge is 0.233 e. The Balaban J connectivity index is 1.80. The Morgan fingerprint density at radius 3 is 2.95 bits per heavy atom. The zero-order chi connectivity index (χ0) is 13.9. The number of nitrogens with one attached hydrogen (secondary N) is 1. The molecule has 1 N–H and O–H groups in total. The molecular weight excluding hydrogens is 278 g/mol. The normalized spacial score (nSPS) is 16.9. The summed E-state index contributed by atoms with van der Waals surface area (Å²) in [7, 11) is 0. The number of hydrogen-bond donors (Lipinski definition) is 1. The number of nitrogens with zero attached hydrogens (tertiary/aromatic N) is 2. The standard InChI is InChI=1S/C14H12ClN3O2/c15-12-7-17-13(8-16-12)18-14(19)10-5-6-20-11-4-2-1-3-9(10)11/h1-4,7-8,10H,5-6H2,(H,17,18,19). The highest BCUT2D eigenvalue weighted by Crippen LogP contribution is 2.33. The van der Waals surface area contributed by atoms with Gasteiger partial charge in [-0.25, -0.2) is 9.97 Å². The fraction of sp³-hybridized carbons (Fsp3) is 0.214. The van der Waals surface area contributed by atoms with Crippen molar-refractivity contribution in [1.82, 2.24) is 9.97 Å². The fourth-order valence-electron chi connectivity index (χ4n) is 2.20. The molecule has 1 amide bonds. The van der Waals surface area contributed by atoms with E-state index in [4.69, 9.17) is 16.3 Å². The molecule has 0 radical (unpaired) electrons. The first-order valence-electron chi connectivity index (χ1n) is 6.24. The topological polar surface area (TPSA) is 64.1 Å². The molecule has 0 bridgehead atoms. The monoisotopic (exact) mass is 289 g/mol. The Morgan fingerprint density at radius 2 is 2.15 bits per heavy atom. The molecule has 1 aliphatic heterocycles. The van der Waals surface area contributed by atoms with Crippen LogP contribution in [0.15, 0.2) is 36.7 Å². The molecule has 0 saturated carbocycles. The highest BCUT2D eigenvalue weighted by Gasteiger charge is 2.27. The number of halogens is 1. The van der Waals surface area contributed by atoms with Crippen molar-refractivity contribution in [2.75, 3.05) is 11.9 Å². The van der Waals surface area contributed by atoms with E-state index in [9.17, 15) is 4.79 Å². The van der Waals surface area contributed by atoms with Crippen molar-refractivity contribution < 1.29 is 9.53 Å². The van der Waals surface area contributed by atoms with E-state index in [2.05, 4.69) is 15.3 Å². The SMILES string of the molecule is O=C(Nc1cnc(Cl)cn1)C1CCOc2ccccc21. The summed E-state index contributed by atoms with van der Waals surface area (Å²) >= 11 is 5.66. The van der Waals surface area contributed by atoms with Crippen LogP contribution in [0, 0.1) is 0 Å². The molecule has 1 unspecified atom stereocenters. The molecule has 102 valence electrons. The fourth-order valence-corrected chi connectivity index (χ4v) is 2.30. The van der Waals surface area contributed by atoms with E-state index in [0.29, 0.717) is 24.0 Å². The van der Waals surface area contributed by atoms with E-state index in [1.807, 2.05) is 24.3 Å². The number of anilines is 1. The lowest BCUT2D eigenvalue weighted by molar-refractivity contribution is -0.118. The highest BCUT2D eigenvalue weighted by molar-refractivity contribution is 6.29. The molecule has 2 heterocycles. The number of aromatic nitrogens is 2. The van der Waals surface area contributed by atoms with Crippen LogP contribution >= 0.6 is 11.6 Å². The van der Waals surface area contributed by atoms with E-state index in [1.54, 1.807) is 0 Å². The van der Waals surface area contributed by atoms with Crippen molar-refractivity contribution in [1.29, 1.82) is 0 Å². The zero-order valence-corrected chi connectivity index (χ0v) is 11.3. The Hall–Kier alpha value is -2.14. The van der Waals surface area contributed by atoms with Gasteiger partial charge in [-0.05, 0) is 12.5 Å². The van der Waals surface area contributed by atoms with Crippen molar-refractivity contribution >= 4 is 23.3 Å². The summed E-state index contributed by atoms with van der Waals surface area (Å²) in [6, 6.07) is 7.57. The molecule has 0 fully saturated rings. The molecule has 2 aromatic rings. The lowest BCUT2D eigenvalue weighted by Crippen LogP contribution is -2.26. The van der Waals surface area contributed by atoms with E-state index in [1.165, 1.54) is 12.4 Å². The molecule has 1 aromatic carbocycles. The minimum absolute atomic E-state index is 0.114. The number of carbonyl (C=O) groups excluding carboxylic acids is 1. The summed E-state index contributed by atoms with van der Waals surface area (Å²) in [5.41, 5.74) is 0.901. The van der Waals surface area contributed by atoms with Crippen LogP contribution in [0.3, 0.4) is 0 Å². The van der Waals surface area contributed by atoms with Gasteiger partial charge in [-0.15, -0.1) is 0 Å². The van der Waals surface area contributed by atoms with Gasteiger partial charge in [0.15, 0.2) is 5.82 Å². The number of para-hydroxylation sites is 1. The molecule has 20 heavy (non-hydrogen) atoms. The van der Waals surface area contributed by atoms with Crippen LogP contribution in [0.1, 0.15) is 17.9 Å². The summed E-state index contributed by atoms with van der Waals surface area (Å²) in [5.74, 6) is 0.805. The average molecular weight is 290 g/mol. The first kappa shape index (κ1) is 12.9. The quantitative estimate of drug-likeness (QED) is 0.923. The Bertz CT molecular complexity index is 631. The van der Waals surface area contributed by atoms with Gasteiger partial charge in [0.2, 0.25) is 5.91 Å². The van der Waals surface area contributed by atoms with Crippen molar-refractivity contribution in [3.63, 3.8) is 0 Å². The average Bonchev–Trinajstić information content (AvgIpc) is 2.49. The van der Waals surface area contributed by atoms with E-state index >= 15 is 0 Å². The second-order valence-electron chi connectivity index (χ2n) is 4.44. The van der Waals surface area contributed by atoms with Gasteiger partial charge < -0.3 is 10.1 Å². The molecular formula is C14H12ClN3O2. The van der Waals surface area contributed by atoms with Crippen molar-refractivity contribution in [3.8, 4) is 5.75 Å². The molecule has 0 saturated heterocycles. The largest absolute Gasteiger partial charge is 0.493 e. The minimum atomic E-state index is -0.238.